The monoisotopic (exact) mass is 291 g/mol. The Hall–Kier alpha value is -2.30. The summed E-state index contributed by atoms with van der Waals surface area (Å²) in [6.07, 6.45) is -0.649. The quantitative estimate of drug-likeness (QED) is 0.632. The zero-order chi connectivity index (χ0) is 16.0. The number of ether oxygens (including phenoxy) is 2. The fraction of sp³-hybridized carbons (Fsp3) is 0.375. The van der Waals surface area contributed by atoms with Crippen LogP contribution >= 0.6 is 0 Å². The number of amides is 1. The number of esters is 1. The number of carbonyl (C=O) groups is 2. The van der Waals surface area contributed by atoms with E-state index in [2.05, 4.69) is 6.58 Å². The molecular weight excluding hydrogens is 270 g/mol. The normalized spacial score (nSPS) is 10.7. The minimum absolute atomic E-state index is 0.0693. The molecule has 0 atom stereocenters. The molecule has 5 nitrogen and oxygen atoms in total. The Bertz CT molecular complexity index is 517. The van der Waals surface area contributed by atoms with E-state index in [9.17, 15) is 9.59 Å². The second-order valence-electron chi connectivity index (χ2n) is 5.55. The number of hydrogen-bond acceptors (Lipinski definition) is 4. The van der Waals surface area contributed by atoms with E-state index in [0.29, 0.717) is 0 Å². The largest absolute Gasteiger partial charge is 0.456 e. The molecule has 0 aliphatic carbocycles. The summed E-state index contributed by atoms with van der Waals surface area (Å²) in [5.41, 5.74) is 0.151. The summed E-state index contributed by atoms with van der Waals surface area (Å²) in [6.45, 7) is 8.93. The summed E-state index contributed by atoms with van der Waals surface area (Å²) in [6, 6.07) is 9.26. The van der Waals surface area contributed by atoms with Crippen LogP contribution in [0.1, 0.15) is 26.3 Å². The minimum atomic E-state index is -0.660. The van der Waals surface area contributed by atoms with Crippen LogP contribution in [0.3, 0.4) is 0 Å². The summed E-state index contributed by atoms with van der Waals surface area (Å²) in [7, 11) is 1.42. The summed E-state index contributed by atoms with van der Waals surface area (Å²) in [4.78, 5) is 24.7. The van der Waals surface area contributed by atoms with Gasteiger partial charge in [0, 0.05) is 7.05 Å². The minimum Gasteiger partial charge on any atom is -0.456 e. The highest BCUT2D eigenvalue weighted by atomic mass is 16.6. The lowest BCUT2D eigenvalue weighted by atomic mass is 10.2. The van der Waals surface area contributed by atoms with Crippen LogP contribution in [0.2, 0.25) is 0 Å². The van der Waals surface area contributed by atoms with E-state index in [0.717, 1.165) is 10.5 Å². The first kappa shape index (κ1) is 16.8. The van der Waals surface area contributed by atoms with Gasteiger partial charge in [-0.3, -0.25) is 4.90 Å². The summed E-state index contributed by atoms with van der Waals surface area (Å²) < 4.78 is 10.3. The molecule has 0 aliphatic rings. The van der Waals surface area contributed by atoms with Crippen LogP contribution in [0.4, 0.5) is 4.79 Å². The zero-order valence-electron chi connectivity index (χ0n) is 12.9. The van der Waals surface area contributed by atoms with E-state index in [1.165, 1.54) is 7.05 Å². The van der Waals surface area contributed by atoms with Crippen LogP contribution in [0, 0.1) is 0 Å². The zero-order valence-corrected chi connectivity index (χ0v) is 12.9. The van der Waals surface area contributed by atoms with Crippen LogP contribution in [-0.2, 0) is 20.9 Å². The van der Waals surface area contributed by atoms with Crippen molar-refractivity contribution < 1.29 is 19.1 Å². The van der Waals surface area contributed by atoms with Crippen molar-refractivity contribution in [1.29, 1.82) is 0 Å². The Labute approximate surface area is 125 Å². The fourth-order valence-electron chi connectivity index (χ4n) is 1.38. The van der Waals surface area contributed by atoms with Crippen LogP contribution in [0.15, 0.2) is 42.6 Å². The molecule has 0 heterocycles. The van der Waals surface area contributed by atoms with E-state index >= 15 is 0 Å². The van der Waals surface area contributed by atoms with Gasteiger partial charge in [-0.1, -0.05) is 36.9 Å². The lowest BCUT2D eigenvalue weighted by molar-refractivity contribution is -0.141. The number of hydrogen-bond donors (Lipinski definition) is 0. The van der Waals surface area contributed by atoms with Crippen LogP contribution in [0.5, 0.6) is 0 Å². The second kappa shape index (κ2) is 6.92. The van der Waals surface area contributed by atoms with Gasteiger partial charge in [-0.25, -0.2) is 9.59 Å². The fourth-order valence-corrected chi connectivity index (χ4v) is 1.38. The van der Waals surface area contributed by atoms with Gasteiger partial charge in [0.15, 0.2) is 0 Å². The Kier molecular flexibility index (Phi) is 5.52. The lowest BCUT2D eigenvalue weighted by Gasteiger charge is -2.24. The first-order valence-electron chi connectivity index (χ1n) is 6.57. The van der Waals surface area contributed by atoms with E-state index < -0.39 is 17.7 Å². The van der Waals surface area contributed by atoms with E-state index in [4.69, 9.17) is 9.47 Å². The number of nitrogens with zero attached hydrogens (tertiary/aromatic N) is 1. The Morgan fingerprint density at radius 2 is 1.76 bits per heavy atom. The molecule has 5 heteroatoms. The van der Waals surface area contributed by atoms with Gasteiger partial charge < -0.3 is 9.47 Å². The molecule has 21 heavy (non-hydrogen) atoms. The standard InChI is InChI=1S/C16H21NO4/c1-12(17(5)15(19)21-16(2,3)4)14(18)20-11-13-9-7-6-8-10-13/h6-10H,1,11H2,2-5H3. The van der Waals surface area contributed by atoms with Crippen molar-refractivity contribution in [2.45, 2.75) is 33.0 Å². The van der Waals surface area contributed by atoms with Gasteiger partial charge >= 0.3 is 12.1 Å². The topological polar surface area (TPSA) is 55.8 Å². The average Bonchev–Trinajstić information content (AvgIpc) is 2.42. The first-order chi connectivity index (χ1) is 9.70. The van der Waals surface area contributed by atoms with Crippen molar-refractivity contribution in [1.82, 2.24) is 4.90 Å². The number of benzene rings is 1. The predicted molar refractivity (Wildman–Crippen MR) is 79.4 cm³/mol. The lowest BCUT2D eigenvalue weighted by Crippen LogP contribution is -2.35. The van der Waals surface area contributed by atoms with Crippen molar-refractivity contribution in [2.75, 3.05) is 7.05 Å². The molecule has 1 amide bonds. The Morgan fingerprint density at radius 3 is 2.29 bits per heavy atom. The predicted octanol–water partition coefficient (Wildman–Crippen LogP) is 3.11. The molecule has 0 bridgehead atoms. The highest BCUT2D eigenvalue weighted by Crippen LogP contribution is 2.12. The Balaban J connectivity index is 2.54. The van der Waals surface area contributed by atoms with Crippen LogP contribution in [-0.4, -0.2) is 29.6 Å². The number of carbonyl (C=O) groups excluding carboxylic acids is 2. The van der Waals surface area contributed by atoms with Crippen molar-refractivity contribution in [2.24, 2.45) is 0 Å². The number of rotatable bonds is 4. The van der Waals surface area contributed by atoms with Gasteiger partial charge in [0.2, 0.25) is 0 Å². The molecule has 1 aromatic rings. The molecule has 0 spiro atoms. The van der Waals surface area contributed by atoms with Gasteiger partial charge in [-0.05, 0) is 26.3 Å². The summed E-state index contributed by atoms with van der Waals surface area (Å²) in [5, 5.41) is 0. The molecule has 0 saturated heterocycles. The molecular formula is C16H21NO4. The molecule has 0 saturated carbocycles. The molecule has 0 aliphatic heterocycles. The molecule has 0 unspecified atom stereocenters. The molecule has 1 rings (SSSR count). The molecule has 0 fully saturated rings. The van der Waals surface area contributed by atoms with Crippen molar-refractivity contribution in [3.8, 4) is 0 Å². The number of likely N-dealkylation sites (N-methyl/N-ethyl adjacent to an activating group) is 1. The second-order valence-corrected chi connectivity index (χ2v) is 5.55. The van der Waals surface area contributed by atoms with Gasteiger partial charge in [0.05, 0.1) is 0 Å². The summed E-state index contributed by atoms with van der Waals surface area (Å²) >= 11 is 0. The third-order valence-electron chi connectivity index (χ3n) is 2.52. The third kappa shape index (κ3) is 5.69. The Morgan fingerprint density at radius 1 is 1.19 bits per heavy atom. The summed E-state index contributed by atoms with van der Waals surface area (Å²) in [5.74, 6) is -0.660. The van der Waals surface area contributed by atoms with E-state index in [1.54, 1.807) is 20.8 Å². The molecule has 0 aromatic heterocycles. The average molecular weight is 291 g/mol. The van der Waals surface area contributed by atoms with Gasteiger partial charge in [-0.15, -0.1) is 0 Å². The maximum atomic E-state index is 11.9. The molecule has 114 valence electrons. The van der Waals surface area contributed by atoms with Crippen molar-refractivity contribution in [3.05, 3.63) is 48.2 Å². The molecule has 1 aromatic carbocycles. The smallest absolute Gasteiger partial charge is 0.414 e. The third-order valence-corrected chi connectivity index (χ3v) is 2.52. The van der Waals surface area contributed by atoms with E-state index in [1.807, 2.05) is 30.3 Å². The van der Waals surface area contributed by atoms with Gasteiger partial charge in [0.1, 0.15) is 17.9 Å². The van der Waals surface area contributed by atoms with Crippen molar-refractivity contribution >= 4 is 12.1 Å². The van der Waals surface area contributed by atoms with Crippen LogP contribution < -0.4 is 0 Å². The van der Waals surface area contributed by atoms with Gasteiger partial charge in [-0.2, -0.15) is 0 Å². The molecule has 0 radical (unpaired) electrons. The maximum absolute atomic E-state index is 11.9. The highest BCUT2D eigenvalue weighted by Gasteiger charge is 2.24. The van der Waals surface area contributed by atoms with Crippen molar-refractivity contribution in [3.63, 3.8) is 0 Å². The first-order valence-corrected chi connectivity index (χ1v) is 6.57. The highest BCUT2D eigenvalue weighted by molar-refractivity contribution is 5.91. The van der Waals surface area contributed by atoms with E-state index in [-0.39, 0.29) is 12.3 Å². The molecule has 0 N–H and O–H groups in total. The van der Waals surface area contributed by atoms with Crippen LogP contribution in [0.25, 0.3) is 0 Å². The maximum Gasteiger partial charge on any atom is 0.414 e. The SMILES string of the molecule is C=C(C(=O)OCc1ccccc1)N(C)C(=O)OC(C)(C)C. The van der Waals surface area contributed by atoms with Gasteiger partial charge in [0.25, 0.3) is 0 Å².